The average Bonchev–Trinajstić information content (AvgIpc) is 2.79. The van der Waals surface area contributed by atoms with E-state index in [-0.39, 0.29) is 6.61 Å². The molecule has 2 rings (SSSR count). The second-order valence-electron chi connectivity index (χ2n) is 3.56. The predicted octanol–water partition coefficient (Wildman–Crippen LogP) is 1.32. The summed E-state index contributed by atoms with van der Waals surface area (Å²) >= 11 is 0. The Morgan fingerprint density at radius 2 is 2.47 bits per heavy atom. The number of aliphatic imine (C=N–C) groups is 1. The highest BCUT2D eigenvalue weighted by Gasteiger charge is 2.25. The number of benzene rings is 1. The molecule has 1 heterocycles. The van der Waals surface area contributed by atoms with Gasteiger partial charge in [0, 0.05) is 5.56 Å². The highest BCUT2D eigenvalue weighted by atomic mass is 16.5. The largest absolute Gasteiger partial charge is 0.494 e. The molecule has 0 amide bonds. The predicted molar refractivity (Wildman–Crippen MR) is 61.5 cm³/mol. The molecule has 1 unspecified atom stereocenters. The van der Waals surface area contributed by atoms with Crippen LogP contribution in [0.5, 0.6) is 5.75 Å². The summed E-state index contributed by atoms with van der Waals surface area (Å²) in [4.78, 5) is 14.7. The number of nitrogens with zero attached hydrogens (tertiary/aromatic N) is 1. The van der Waals surface area contributed by atoms with E-state index in [9.17, 15) is 4.79 Å². The zero-order valence-electron chi connectivity index (χ0n) is 9.42. The SMILES string of the molecule is CCOc1cccc(C2=NC(C(=O)O)CO2)c1. The van der Waals surface area contributed by atoms with Crippen LogP contribution in [0.4, 0.5) is 0 Å². The van der Waals surface area contributed by atoms with Crippen LogP contribution in [0.2, 0.25) is 0 Å². The quantitative estimate of drug-likeness (QED) is 0.854. The Balaban J connectivity index is 2.20. The number of rotatable bonds is 4. The van der Waals surface area contributed by atoms with E-state index in [1.807, 2.05) is 25.1 Å². The van der Waals surface area contributed by atoms with Crippen LogP contribution in [-0.4, -0.2) is 36.2 Å². The maximum atomic E-state index is 10.7. The smallest absolute Gasteiger partial charge is 0.332 e. The van der Waals surface area contributed by atoms with Gasteiger partial charge in [0.05, 0.1) is 6.61 Å². The van der Waals surface area contributed by atoms with Gasteiger partial charge in [-0.2, -0.15) is 0 Å². The van der Waals surface area contributed by atoms with Crippen molar-refractivity contribution in [3.05, 3.63) is 29.8 Å². The minimum Gasteiger partial charge on any atom is -0.494 e. The molecule has 1 aromatic carbocycles. The number of aliphatic carboxylic acids is 1. The van der Waals surface area contributed by atoms with Gasteiger partial charge in [-0.25, -0.2) is 9.79 Å². The molecule has 1 aliphatic rings. The highest BCUT2D eigenvalue weighted by molar-refractivity contribution is 5.97. The van der Waals surface area contributed by atoms with E-state index in [1.165, 1.54) is 0 Å². The summed E-state index contributed by atoms with van der Waals surface area (Å²) in [5.41, 5.74) is 0.736. The average molecular weight is 235 g/mol. The van der Waals surface area contributed by atoms with E-state index >= 15 is 0 Å². The number of hydrogen-bond acceptors (Lipinski definition) is 4. The molecule has 1 aromatic rings. The topological polar surface area (TPSA) is 68.1 Å². The first-order valence-corrected chi connectivity index (χ1v) is 5.37. The Hall–Kier alpha value is -2.04. The molecular weight excluding hydrogens is 222 g/mol. The third-order valence-corrected chi connectivity index (χ3v) is 2.33. The molecule has 0 spiro atoms. The standard InChI is InChI=1S/C12H13NO4/c1-2-16-9-5-3-4-8(6-9)11-13-10(7-17-11)12(14)15/h3-6,10H,2,7H2,1H3,(H,14,15). The normalized spacial score (nSPS) is 18.4. The van der Waals surface area contributed by atoms with E-state index in [0.29, 0.717) is 12.5 Å². The molecule has 17 heavy (non-hydrogen) atoms. The van der Waals surface area contributed by atoms with Crippen LogP contribution in [0.15, 0.2) is 29.3 Å². The van der Waals surface area contributed by atoms with Gasteiger partial charge >= 0.3 is 5.97 Å². The molecule has 0 radical (unpaired) electrons. The molecule has 0 bridgehead atoms. The number of carbonyl (C=O) groups is 1. The van der Waals surface area contributed by atoms with E-state index in [4.69, 9.17) is 14.6 Å². The molecule has 90 valence electrons. The van der Waals surface area contributed by atoms with Crippen molar-refractivity contribution in [2.75, 3.05) is 13.2 Å². The van der Waals surface area contributed by atoms with Crippen molar-refractivity contribution in [1.29, 1.82) is 0 Å². The molecule has 0 aromatic heterocycles. The Morgan fingerprint density at radius 1 is 1.65 bits per heavy atom. The van der Waals surface area contributed by atoms with Crippen LogP contribution < -0.4 is 4.74 Å². The maximum Gasteiger partial charge on any atom is 0.332 e. The minimum atomic E-state index is -0.971. The lowest BCUT2D eigenvalue weighted by Crippen LogP contribution is -2.18. The van der Waals surface area contributed by atoms with Crippen molar-refractivity contribution in [1.82, 2.24) is 0 Å². The number of carboxylic acids is 1. The summed E-state index contributed by atoms with van der Waals surface area (Å²) < 4.78 is 10.6. The molecule has 0 aliphatic carbocycles. The van der Waals surface area contributed by atoms with Crippen molar-refractivity contribution in [2.45, 2.75) is 13.0 Å². The summed E-state index contributed by atoms with van der Waals surface area (Å²) in [6, 6.07) is 6.44. The molecule has 1 N–H and O–H groups in total. The Labute approximate surface area is 98.7 Å². The van der Waals surface area contributed by atoms with Gasteiger partial charge in [-0.15, -0.1) is 0 Å². The minimum absolute atomic E-state index is 0.0868. The first-order valence-electron chi connectivity index (χ1n) is 5.37. The van der Waals surface area contributed by atoms with Crippen molar-refractivity contribution in [3.8, 4) is 5.75 Å². The second-order valence-corrected chi connectivity index (χ2v) is 3.56. The van der Waals surface area contributed by atoms with Gasteiger partial charge in [0.2, 0.25) is 5.90 Å². The fourth-order valence-electron chi connectivity index (χ4n) is 1.54. The molecular formula is C12H13NO4. The van der Waals surface area contributed by atoms with Gasteiger partial charge in [-0.05, 0) is 25.1 Å². The summed E-state index contributed by atoms with van der Waals surface area (Å²) in [6.07, 6.45) is 0. The maximum absolute atomic E-state index is 10.7. The molecule has 0 fully saturated rings. The molecule has 5 nitrogen and oxygen atoms in total. The molecule has 1 atom stereocenters. The van der Waals surface area contributed by atoms with E-state index in [1.54, 1.807) is 6.07 Å². The van der Waals surface area contributed by atoms with Crippen LogP contribution >= 0.6 is 0 Å². The third-order valence-electron chi connectivity index (χ3n) is 2.33. The Bertz CT molecular complexity index is 456. The number of ether oxygens (including phenoxy) is 2. The summed E-state index contributed by atoms with van der Waals surface area (Å²) in [6.45, 7) is 2.56. The van der Waals surface area contributed by atoms with Crippen LogP contribution in [0.25, 0.3) is 0 Å². The van der Waals surface area contributed by atoms with E-state index in [2.05, 4.69) is 4.99 Å². The zero-order valence-corrected chi connectivity index (χ0v) is 9.42. The van der Waals surface area contributed by atoms with Crippen LogP contribution in [0.3, 0.4) is 0 Å². The van der Waals surface area contributed by atoms with Gasteiger partial charge in [-0.3, -0.25) is 0 Å². The van der Waals surface area contributed by atoms with Gasteiger partial charge in [0.15, 0.2) is 6.04 Å². The van der Waals surface area contributed by atoms with Gasteiger partial charge in [-0.1, -0.05) is 6.07 Å². The zero-order chi connectivity index (χ0) is 12.3. The first kappa shape index (κ1) is 11.4. The Morgan fingerprint density at radius 3 is 3.12 bits per heavy atom. The lowest BCUT2D eigenvalue weighted by atomic mass is 10.2. The van der Waals surface area contributed by atoms with Crippen molar-refractivity contribution >= 4 is 11.9 Å². The van der Waals surface area contributed by atoms with Crippen molar-refractivity contribution < 1.29 is 19.4 Å². The first-order chi connectivity index (χ1) is 8.20. The van der Waals surface area contributed by atoms with Crippen LogP contribution in [0.1, 0.15) is 12.5 Å². The Kier molecular flexibility index (Phi) is 3.27. The summed E-state index contributed by atoms with van der Waals surface area (Å²) in [7, 11) is 0. The molecule has 5 heteroatoms. The van der Waals surface area contributed by atoms with E-state index < -0.39 is 12.0 Å². The van der Waals surface area contributed by atoms with Gasteiger partial charge in [0.1, 0.15) is 12.4 Å². The number of hydrogen-bond donors (Lipinski definition) is 1. The second kappa shape index (κ2) is 4.86. The van der Waals surface area contributed by atoms with Crippen LogP contribution in [-0.2, 0) is 9.53 Å². The van der Waals surface area contributed by atoms with Crippen LogP contribution in [0, 0.1) is 0 Å². The summed E-state index contributed by atoms with van der Waals surface area (Å²) in [5, 5.41) is 8.80. The molecule has 1 aliphatic heterocycles. The monoisotopic (exact) mass is 235 g/mol. The third kappa shape index (κ3) is 2.55. The lowest BCUT2D eigenvalue weighted by Gasteiger charge is -2.05. The summed E-state index contributed by atoms with van der Waals surface area (Å²) in [5.74, 6) is 0.106. The highest BCUT2D eigenvalue weighted by Crippen LogP contribution is 2.17. The fourth-order valence-corrected chi connectivity index (χ4v) is 1.54. The number of carboxylic acid groups (broad SMARTS) is 1. The molecule has 0 saturated heterocycles. The van der Waals surface area contributed by atoms with E-state index in [0.717, 1.165) is 11.3 Å². The van der Waals surface area contributed by atoms with Gasteiger partial charge in [0.25, 0.3) is 0 Å². The molecule has 0 saturated carbocycles. The van der Waals surface area contributed by atoms with Gasteiger partial charge < -0.3 is 14.6 Å². The van der Waals surface area contributed by atoms with Crippen molar-refractivity contribution in [2.24, 2.45) is 4.99 Å². The fraction of sp³-hybridized carbons (Fsp3) is 0.333. The lowest BCUT2D eigenvalue weighted by molar-refractivity contribution is -0.138. The van der Waals surface area contributed by atoms with Crippen molar-refractivity contribution in [3.63, 3.8) is 0 Å².